The summed E-state index contributed by atoms with van der Waals surface area (Å²) in [6.07, 6.45) is 1.68. The molecule has 3 aromatic rings. The van der Waals surface area contributed by atoms with Gasteiger partial charge in [-0.05, 0) is 61.2 Å². The molecule has 5 heteroatoms. The number of amides is 2. The lowest BCUT2D eigenvalue weighted by Crippen LogP contribution is -2.32. The molecule has 31 heavy (non-hydrogen) atoms. The van der Waals surface area contributed by atoms with Crippen LogP contribution in [-0.2, 0) is 0 Å². The predicted molar refractivity (Wildman–Crippen MR) is 127 cm³/mol. The summed E-state index contributed by atoms with van der Waals surface area (Å²) in [4.78, 5) is 27.7. The first-order valence-electron chi connectivity index (χ1n) is 10.2. The van der Waals surface area contributed by atoms with Gasteiger partial charge < -0.3 is 10.2 Å². The molecule has 0 saturated carbocycles. The summed E-state index contributed by atoms with van der Waals surface area (Å²) in [6, 6.07) is 20.2. The number of nitrogens with one attached hydrogen (secondary N) is 1. The molecule has 0 aromatic heterocycles. The van der Waals surface area contributed by atoms with Gasteiger partial charge in [0, 0.05) is 23.4 Å². The van der Waals surface area contributed by atoms with Crippen molar-refractivity contribution in [2.75, 3.05) is 16.8 Å². The van der Waals surface area contributed by atoms with Crippen LogP contribution in [0.15, 0.2) is 73.3 Å². The summed E-state index contributed by atoms with van der Waals surface area (Å²) in [5, 5.41) is 3.16. The lowest BCUT2D eigenvalue weighted by molar-refractivity contribution is 0.0986. The van der Waals surface area contributed by atoms with E-state index in [0.29, 0.717) is 28.4 Å². The molecule has 3 aromatic carbocycles. The molecule has 0 fully saturated rings. The molecule has 0 aliphatic carbocycles. The molecule has 0 spiro atoms. The number of fused-ring (bicyclic) bond motifs is 1. The number of hydrogen-bond acceptors (Lipinski definition) is 2. The second kappa shape index (κ2) is 8.78. The Morgan fingerprint density at radius 1 is 1.00 bits per heavy atom. The Hall–Kier alpha value is -3.37. The number of nitrogens with zero attached hydrogens (tertiary/aromatic N) is 1. The summed E-state index contributed by atoms with van der Waals surface area (Å²) < 4.78 is 0. The van der Waals surface area contributed by atoms with Gasteiger partial charge in [0.05, 0.1) is 16.3 Å². The maximum Gasteiger partial charge on any atom is 0.259 e. The van der Waals surface area contributed by atoms with Crippen LogP contribution in [0.3, 0.4) is 0 Å². The highest BCUT2D eigenvalue weighted by atomic mass is 35.5. The van der Waals surface area contributed by atoms with Crippen molar-refractivity contribution >= 4 is 40.4 Å². The molecule has 1 aliphatic heterocycles. The molecule has 2 amide bonds. The number of rotatable bonds is 3. The normalized spacial score (nSPS) is 13.4. The molecule has 0 radical (unpaired) electrons. The van der Waals surface area contributed by atoms with Crippen molar-refractivity contribution in [3.8, 4) is 0 Å². The van der Waals surface area contributed by atoms with Crippen molar-refractivity contribution in [3.05, 3.63) is 101 Å². The Labute approximate surface area is 187 Å². The fourth-order valence-corrected chi connectivity index (χ4v) is 4.12. The van der Waals surface area contributed by atoms with Crippen LogP contribution in [0.1, 0.15) is 44.7 Å². The third kappa shape index (κ3) is 4.25. The van der Waals surface area contributed by atoms with E-state index in [1.54, 1.807) is 29.2 Å². The molecule has 1 N–H and O–H groups in total. The Bertz CT molecular complexity index is 1190. The lowest BCUT2D eigenvalue weighted by atomic mass is 10.0. The lowest BCUT2D eigenvalue weighted by Gasteiger charge is -2.23. The van der Waals surface area contributed by atoms with Crippen LogP contribution in [0.4, 0.5) is 11.4 Å². The van der Waals surface area contributed by atoms with E-state index in [-0.39, 0.29) is 11.8 Å². The van der Waals surface area contributed by atoms with Gasteiger partial charge in [0.25, 0.3) is 11.8 Å². The van der Waals surface area contributed by atoms with Crippen LogP contribution >= 0.6 is 11.6 Å². The summed E-state index contributed by atoms with van der Waals surface area (Å²) in [5.74, 6) is -0.378. The third-order valence-corrected chi connectivity index (χ3v) is 5.84. The van der Waals surface area contributed by atoms with Crippen LogP contribution in [0.5, 0.6) is 0 Å². The van der Waals surface area contributed by atoms with E-state index in [2.05, 4.69) is 11.9 Å². The Morgan fingerprint density at radius 3 is 2.52 bits per heavy atom. The SMILES string of the molecule is C=C1CCCN(C(=O)c2ccc(NC(=O)c3ccccc3C)cc2Cl)c2ccccc21. The molecule has 0 unspecified atom stereocenters. The van der Waals surface area contributed by atoms with Crippen LogP contribution in [0.25, 0.3) is 5.57 Å². The molecule has 0 saturated heterocycles. The quantitative estimate of drug-likeness (QED) is 0.526. The molecule has 1 aliphatic rings. The van der Waals surface area contributed by atoms with E-state index in [0.717, 1.165) is 35.2 Å². The summed E-state index contributed by atoms with van der Waals surface area (Å²) in [7, 11) is 0. The molecule has 0 atom stereocenters. The Morgan fingerprint density at radius 2 is 1.74 bits per heavy atom. The number of hydrogen-bond donors (Lipinski definition) is 1. The van der Waals surface area contributed by atoms with E-state index in [9.17, 15) is 9.59 Å². The van der Waals surface area contributed by atoms with E-state index in [1.807, 2.05) is 49.4 Å². The highest BCUT2D eigenvalue weighted by Crippen LogP contribution is 2.34. The number of halogens is 1. The van der Waals surface area contributed by atoms with Crippen molar-refractivity contribution < 1.29 is 9.59 Å². The topological polar surface area (TPSA) is 49.4 Å². The fourth-order valence-electron chi connectivity index (χ4n) is 3.86. The number of aryl methyl sites for hydroxylation is 1. The second-order valence-electron chi connectivity index (χ2n) is 7.64. The Balaban J connectivity index is 1.59. The van der Waals surface area contributed by atoms with Gasteiger partial charge >= 0.3 is 0 Å². The van der Waals surface area contributed by atoms with Gasteiger partial charge in [0.1, 0.15) is 0 Å². The number of carbonyl (C=O) groups is 2. The third-order valence-electron chi connectivity index (χ3n) is 5.53. The minimum absolute atomic E-state index is 0.163. The number of anilines is 2. The average Bonchev–Trinajstić information content (AvgIpc) is 2.93. The van der Waals surface area contributed by atoms with Crippen molar-refractivity contribution in [2.45, 2.75) is 19.8 Å². The summed E-state index contributed by atoms with van der Waals surface area (Å²) >= 11 is 6.48. The van der Waals surface area contributed by atoms with Gasteiger partial charge in [0.2, 0.25) is 0 Å². The van der Waals surface area contributed by atoms with Gasteiger partial charge in [-0.3, -0.25) is 9.59 Å². The smallest absolute Gasteiger partial charge is 0.259 e. The van der Waals surface area contributed by atoms with Crippen LogP contribution in [0.2, 0.25) is 5.02 Å². The largest absolute Gasteiger partial charge is 0.322 e. The van der Waals surface area contributed by atoms with Crippen molar-refractivity contribution in [1.29, 1.82) is 0 Å². The van der Waals surface area contributed by atoms with Gasteiger partial charge in [0.15, 0.2) is 0 Å². The highest BCUT2D eigenvalue weighted by molar-refractivity contribution is 6.35. The maximum absolute atomic E-state index is 13.4. The summed E-state index contributed by atoms with van der Waals surface area (Å²) in [5.41, 5.74) is 5.30. The van der Waals surface area contributed by atoms with Crippen LogP contribution in [0, 0.1) is 6.92 Å². The zero-order valence-corrected chi connectivity index (χ0v) is 18.1. The second-order valence-corrected chi connectivity index (χ2v) is 8.05. The van der Waals surface area contributed by atoms with E-state index in [4.69, 9.17) is 11.6 Å². The molecule has 4 nitrogen and oxygen atoms in total. The molecule has 4 rings (SSSR count). The van der Waals surface area contributed by atoms with E-state index < -0.39 is 0 Å². The first kappa shape index (κ1) is 20.9. The highest BCUT2D eigenvalue weighted by Gasteiger charge is 2.25. The van der Waals surface area contributed by atoms with Crippen LogP contribution in [-0.4, -0.2) is 18.4 Å². The maximum atomic E-state index is 13.4. The van der Waals surface area contributed by atoms with Crippen molar-refractivity contribution in [1.82, 2.24) is 0 Å². The van der Waals surface area contributed by atoms with Crippen molar-refractivity contribution in [2.24, 2.45) is 0 Å². The molecule has 0 bridgehead atoms. The van der Waals surface area contributed by atoms with Crippen LogP contribution < -0.4 is 10.2 Å². The molecule has 1 heterocycles. The van der Waals surface area contributed by atoms with Gasteiger partial charge in [-0.2, -0.15) is 0 Å². The number of para-hydroxylation sites is 1. The fraction of sp³-hybridized carbons (Fsp3) is 0.154. The number of benzene rings is 3. The molecular weight excluding hydrogens is 408 g/mol. The monoisotopic (exact) mass is 430 g/mol. The Kier molecular flexibility index (Phi) is 5.92. The first-order chi connectivity index (χ1) is 15.0. The minimum atomic E-state index is -0.215. The first-order valence-corrected chi connectivity index (χ1v) is 10.6. The van der Waals surface area contributed by atoms with E-state index >= 15 is 0 Å². The standard InChI is InChI=1S/C26H23ClN2O2/c1-17-9-7-15-29(24-12-6-5-10-20(17)24)26(31)22-14-13-19(16-23(22)27)28-25(30)21-11-4-3-8-18(21)2/h3-6,8,10-14,16H,1,7,9,15H2,2H3,(H,28,30). The predicted octanol–water partition coefficient (Wildman–Crippen LogP) is 6.35. The van der Waals surface area contributed by atoms with Gasteiger partial charge in [-0.15, -0.1) is 0 Å². The molecular formula is C26H23ClN2O2. The number of allylic oxidation sites excluding steroid dienone is 1. The number of carbonyl (C=O) groups excluding carboxylic acids is 2. The molecule has 156 valence electrons. The summed E-state index contributed by atoms with van der Waals surface area (Å²) in [6.45, 7) is 6.65. The zero-order chi connectivity index (χ0) is 22.0. The van der Waals surface area contributed by atoms with Gasteiger partial charge in [-0.1, -0.05) is 54.6 Å². The van der Waals surface area contributed by atoms with Crippen molar-refractivity contribution in [3.63, 3.8) is 0 Å². The zero-order valence-electron chi connectivity index (χ0n) is 17.3. The van der Waals surface area contributed by atoms with E-state index in [1.165, 1.54) is 0 Å². The van der Waals surface area contributed by atoms with Gasteiger partial charge in [-0.25, -0.2) is 0 Å². The minimum Gasteiger partial charge on any atom is -0.322 e. The average molecular weight is 431 g/mol.